The van der Waals surface area contributed by atoms with E-state index in [9.17, 15) is 19.1 Å². The van der Waals surface area contributed by atoms with Gasteiger partial charge in [-0.3, -0.25) is 14.5 Å². The number of hydrogen-bond donors (Lipinski definition) is 1. The highest BCUT2D eigenvalue weighted by Gasteiger charge is 2.47. The van der Waals surface area contributed by atoms with Crippen molar-refractivity contribution in [2.24, 2.45) is 0 Å². The largest absolute Gasteiger partial charge is 0.507 e. The summed E-state index contributed by atoms with van der Waals surface area (Å²) in [6.45, 7) is 1.96. The van der Waals surface area contributed by atoms with Crippen LogP contribution in [0, 0.1) is 5.82 Å². The van der Waals surface area contributed by atoms with Gasteiger partial charge in [0.15, 0.2) is 0 Å². The molecule has 1 saturated heterocycles. The molecule has 0 bridgehead atoms. The van der Waals surface area contributed by atoms with Crippen LogP contribution >= 0.6 is 11.3 Å². The molecule has 0 aliphatic carbocycles. The zero-order valence-electron chi connectivity index (χ0n) is 16.5. The molecule has 1 fully saturated rings. The van der Waals surface area contributed by atoms with Crippen molar-refractivity contribution in [3.63, 3.8) is 0 Å². The lowest BCUT2D eigenvalue weighted by molar-refractivity contribution is -0.132. The van der Waals surface area contributed by atoms with Crippen LogP contribution in [-0.4, -0.2) is 22.9 Å². The molecule has 1 N–H and O–H groups in total. The summed E-state index contributed by atoms with van der Waals surface area (Å²) < 4.78 is 19.2. The van der Waals surface area contributed by atoms with E-state index >= 15 is 0 Å². The molecule has 2 unspecified atom stereocenters. The van der Waals surface area contributed by atoms with E-state index in [0.717, 1.165) is 16.2 Å². The Balaban J connectivity index is 1.66. The third-order valence-electron chi connectivity index (χ3n) is 5.53. The minimum absolute atomic E-state index is 0.0173. The average molecular weight is 435 g/mol. The molecule has 1 amide bonds. The fraction of sp³-hybridized carbons (Fsp3) is 0.167. The number of benzene rings is 2. The molecule has 0 saturated carbocycles. The summed E-state index contributed by atoms with van der Waals surface area (Å²) in [5.74, 6) is -1.45. The van der Waals surface area contributed by atoms with Gasteiger partial charge in [-0.2, -0.15) is 0 Å². The number of ether oxygens (including phenoxy) is 1. The van der Waals surface area contributed by atoms with Crippen LogP contribution in [0.15, 0.2) is 65.6 Å². The molecule has 5 nitrogen and oxygen atoms in total. The molecule has 1 aromatic heterocycles. The van der Waals surface area contributed by atoms with E-state index in [2.05, 4.69) is 0 Å². The summed E-state index contributed by atoms with van der Waals surface area (Å²) >= 11 is 1.38. The number of rotatable bonds is 3. The Bertz CT molecular complexity index is 1220. The molecule has 3 heterocycles. The monoisotopic (exact) mass is 435 g/mol. The van der Waals surface area contributed by atoms with Crippen LogP contribution in [0.5, 0.6) is 5.75 Å². The van der Waals surface area contributed by atoms with Crippen molar-refractivity contribution in [1.82, 2.24) is 0 Å². The predicted molar refractivity (Wildman–Crippen MR) is 116 cm³/mol. The van der Waals surface area contributed by atoms with E-state index in [1.54, 1.807) is 18.2 Å². The van der Waals surface area contributed by atoms with E-state index in [0.29, 0.717) is 17.7 Å². The summed E-state index contributed by atoms with van der Waals surface area (Å²) in [5.41, 5.74) is 1.80. The lowest BCUT2D eigenvalue weighted by atomic mass is 9.98. The van der Waals surface area contributed by atoms with Crippen molar-refractivity contribution < 1.29 is 23.8 Å². The first-order valence-corrected chi connectivity index (χ1v) is 10.7. The van der Waals surface area contributed by atoms with Gasteiger partial charge in [-0.15, -0.1) is 11.3 Å². The molecule has 3 aromatic rings. The lowest BCUT2D eigenvalue weighted by Crippen LogP contribution is -2.29. The third-order valence-corrected chi connectivity index (χ3v) is 6.46. The molecule has 5 rings (SSSR count). The number of fused-ring (bicyclic) bond motifs is 1. The number of Topliss-reactive ketones (excluding diaryl/α,β-unsaturated/α-hetero) is 1. The minimum Gasteiger partial charge on any atom is -0.507 e. The summed E-state index contributed by atoms with van der Waals surface area (Å²) in [7, 11) is 0. The van der Waals surface area contributed by atoms with Gasteiger partial charge in [0, 0.05) is 22.5 Å². The van der Waals surface area contributed by atoms with Gasteiger partial charge >= 0.3 is 0 Å². The van der Waals surface area contributed by atoms with Gasteiger partial charge < -0.3 is 9.84 Å². The molecule has 0 radical (unpaired) electrons. The number of aliphatic hydroxyl groups excluding tert-OH is 1. The number of ketones is 1. The van der Waals surface area contributed by atoms with Crippen LogP contribution in [-0.2, 0) is 16.0 Å². The molecule has 2 aliphatic heterocycles. The van der Waals surface area contributed by atoms with Gasteiger partial charge in [-0.25, -0.2) is 4.39 Å². The zero-order chi connectivity index (χ0) is 21.7. The molecule has 2 aromatic carbocycles. The Hall–Kier alpha value is -3.45. The third kappa shape index (κ3) is 3.21. The van der Waals surface area contributed by atoms with E-state index in [1.165, 1.54) is 40.5 Å². The second-order valence-corrected chi connectivity index (χ2v) is 8.60. The van der Waals surface area contributed by atoms with Crippen molar-refractivity contribution in [3.8, 4) is 5.75 Å². The van der Waals surface area contributed by atoms with Crippen molar-refractivity contribution in [2.45, 2.75) is 25.5 Å². The van der Waals surface area contributed by atoms with Gasteiger partial charge in [-0.05, 0) is 66.4 Å². The number of nitrogens with zero attached hydrogens (tertiary/aromatic N) is 1. The second-order valence-electron chi connectivity index (χ2n) is 7.62. The van der Waals surface area contributed by atoms with E-state index < -0.39 is 23.5 Å². The summed E-state index contributed by atoms with van der Waals surface area (Å²) in [6, 6.07) is 13.5. The fourth-order valence-electron chi connectivity index (χ4n) is 4.14. The Morgan fingerprint density at radius 3 is 2.65 bits per heavy atom. The van der Waals surface area contributed by atoms with Crippen molar-refractivity contribution >= 4 is 34.5 Å². The molecule has 2 atom stereocenters. The highest BCUT2D eigenvalue weighted by atomic mass is 32.1. The fourth-order valence-corrected chi connectivity index (χ4v) is 4.96. The number of carbonyl (C=O) groups is 2. The van der Waals surface area contributed by atoms with Crippen LogP contribution in [0.4, 0.5) is 10.1 Å². The maximum absolute atomic E-state index is 13.5. The van der Waals surface area contributed by atoms with Gasteiger partial charge in [0.05, 0.1) is 5.57 Å². The van der Waals surface area contributed by atoms with Crippen LogP contribution in [0.2, 0.25) is 0 Å². The van der Waals surface area contributed by atoms with Gasteiger partial charge in [-0.1, -0.05) is 6.07 Å². The van der Waals surface area contributed by atoms with Crippen molar-refractivity contribution in [3.05, 3.63) is 87.4 Å². The number of amides is 1. The van der Waals surface area contributed by atoms with Gasteiger partial charge in [0.1, 0.15) is 29.5 Å². The maximum Gasteiger partial charge on any atom is 0.300 e. The number of hydrogen-bond acceptors (Lipinski definition) is 5. The number of carbonyl (C=O) groups excluding carboxylic acids is 2. The first-order chi connectivity index (χ1) is 14.9. The van der Waals surface area contributed by atoms with Crippen molar-refractivity contribution in [2.75, 3.05) is 4.90 Å². The second kappa shape index (κ2) is 7.35. The Morgan fingerprint density at radius 1 is 1.16 bits per heavy atom. The van der Waals surface area contributed by atoms with E-state index in [1.807, 2.05) is 24.4 Å². The topological polar surface area (TPSA) is 66.8 Å². The van der Waals surface area contributed by atoms with Gasteiger partial charge in [0.2, 0.25) is 0 Å². The molecular weight excluding hydrogens is 417 g/mol. The van der Waals surface area contributed by atoms with E-state index in [-0.39, 0.29) is 17.4 Å². The van der Waals surface area contributed by atoms with Crippen LogP contribution in [0.1, 0.15) is 29.0 Å². The van der Waals surface area contributed by atoms with Crippen molar-refractivity contribution in [1.29, 1.82) is 0 Å². The average Bonchev–Trinajstić information content (AvgIpc) is 3.46. The van der Waals surface area contributed by atoms with E-state index in [4.69, 9.17) is 4.74 Å². The minimum atomic E-state index is -0.797. The normalized spacial score (nSPS) is 21.9. The lowest BCUT2D eigenvalue weighted by Gasteiger charge is -2.24. The first-order valence-electron chi connectivity index (χ1n) is 9.84. The SMILES string of the molecule is CC1Cc2cc(/C(O)=C3/C(=O)C(=O)N(c4ccc(F)cc4)C3c3cccs3)ccc2O1. The Morgan fingerprint density at radius 2 is 1.94 bits per heavy atom. The van der Waals surface area contributed by atoms with Crippen LogP contribution < -0.4 is 9.64 Å². The smallest absolute Gasteiger partial charge is 0.300 e. The number of aliphatic hydroxyl groups is 1. The molecule has 7 heteroatoms. The first kappa shape index (κ1) is 19.5. The zero-order valence-corrected chi connectivity index (χ0v) is 17.4. The number of thiophene rings is 1. The molecule has 156 valence electrons. The van der Waals surface area contributed by atoms with Gasteiger partial charge in [0.25, 0.3) is 11.7 Å². The molecule has 2 aliphatic rings. The number of anilines is 1. The Kier molecular flexibility index (Phi) is 4.63. The highest BCUT2D eigenvalue weighted by molar-refractivity contribution is 7.10. The summed E-state index contributed by atoms with van der Waals surface area (Å²) in [6.07, 6.45) is 0.747. The maximum atomic E-state index is 13.5. The standard InChI is InChI=1S/C24H18FNO4S/c1-13-11-15-12-14(4-9-18(15)30-13)22(27)20-21(19-3-2-10-31-19)26(24(29)23(20)28)17-7-5-16(25)6-8-17/h2-10,12-13,21,27H,11H2,1H3/b22-20-. The summed E-state index contributed by atoms with van der Waals surface area (Å²) in [5, 5.41) is 13.0. The molecule has 0 spiro atoms. The van der Waals surface area contributed by atoms with Crippen LogP contribution in [0.3, 0.4) is 0 Å². The predicted octanol–water partition coefficient (Wildman–Crippen LogP) is 4.84. The summed E-state index contributed by atoms with van der Waals surface area (Å²) in [4.78, 5) is 28.1. The highest BCUT2D eigenvalue weighted by Crippen LogP contribution is 2.44. The Labute approximate surface area is 182 Å². The molecular formula is C24H18FNO4S. The number of halogens is 1. The molecule has 31 heavy (non-hydrogen) atoms. The van der Waals surface area contributed by atoms with Crippen LogP contribution in [0.25, 0.3) is 5.76 Å². The quantitative estimate of drug-likeness (QED) is 0.363.